The molecular weight excluding hydrogens is 603 g/mol. The minimum absolute atomic E-state index is 0. The van der Waals surface area contributed by atoms with E-state index in [-0.39, 0.29) is 141 Å². The first-order chi connectivity index (χ1) is 3.73. The fourth-order valence-electron chi connectivity index (χ4n) is 0. The molecule has 0 aromatic rings. The molecule has 6 N–H and O–H groups in total. The summed E-state index contributed by atoms with van der Waals surface area (Å²) in [6.45, 7) is 0. The van der Waals surface area contributed by atoms with Crippen LogP contribution in [-0.2, 0) is 55.8 Å². The standard InChI is InChI=1S/BH3O3.Eu.Gd.H3O4P.V.Y/c2-1(3)4;;;1-5(2,3)4;;/h2-4H;;;(H3,1,2,3,4);;. The fraction of sp³-hybridized carbons (Fsp3) is 0. The summed E-state index contributed by atoms with van der Waals surface area (Å²) >= 11 is 0. The second-order valence-corrected chi connectivity index (χ2v) is 1.89. The summed E-state index contributed by atoms with van der Waals surface area (Å²) in [5.74, 6) is 0. The van der Waals surface area contributed by atoms with E-state index in [4.69, 9.17) is 34.3 Å². The zero-order valence-corrected chi connectivity index (χ0v) is 15.7. The molecule has 13 heteroatoms. The molecule has 0 aromatic carbocycles. The summed E-state index contributed by atoms with van der Waals surface area (Å²) in [6.07, 6.45) is 0. The molecule has 0 heterocycles. The largest absolute Gasteiger partial charge is 0.631 e. The summed E-state index contributed by atoms with van der Waals surface area (Å²) in [7, 11) is -6.81. The Morgan fingerprint density at radius 2 is 1.00 bits per heavy atom. The molecule has 0 spiro atoms. The van der Waals surface area contributed by atoms with Crippen LogP contribution < -0.4 is 0 Å². The van der Waals surface area contributed by atoms with Gasteiger partial charge in [-0.3, -0.25) is 0 Å². The van der Waals surface area contributed by atoms with E-state index in [0.29, 0.717) is 0 Å². The van der Waals surface area contributed by atoms with E-state index in [9.17, 15) is 0 Å². The smallest absolute Gasteiger partial charge is 0.402 e. The van der Waals surface area contributed by atoms with Crippen molar-refractivity contribution < 1.29 is 175 Å². The third kappa shape index (κ3) is 165. The van der Waals surface area contributed by atoms with Gasteiger partial charge in [0.2, 0.25) is 0 Å². The predicted molar refractivity (Wildman–Crippen MR) is 26.7 cm³/mol. The first-order valence-corrected chi connectivity index (χ1v) is 3.12. The van der Waals surface area contributed by atoms with Crippen LogP contribution in [0.3, 0.4) is 0 Å². The maximum atomic E-state index is 8.88. The molecule has 79 valence electrons. The first kappa shape index (κ1) is 36.1. The Kier molecular flexibility index (Phi) is 60.7. The molecule has 13 heavy (non-hydrogen) atoms. The van der Waals surface area contributed by atoms with Crippen LogP contribution in [0.25, 0.3) is 0 Å². The molecule has 0 rings (SSSR count). The Hall–Kier alpha value is 4.65. The van der Waals surface area contributed by atoms with Crippen molar-refractivity contribution >= 4 is 15.1 Å². The van der Waals surface area contributed by atoms with E-state index >= 15 is 0 Å². The van der Waals surface area contributed by atoms with E-state index in [1.807, 2.05) is 0 Å². The summed E-state index contributed by atoms with van der Waals surface area (Å²) < 4.78 is 8.88. The van der Waals surface area contributed by atoms with Crippen molar-refractivity contribution in [2.75, 3.05) is 0 Å². The van der Waals surface area contributed by atoms with Crippen molar-refractivity contribution in [1.29, 1.82) is 0 Å². The van der Waals surface area contributed by atoms with Gasteiger partial charge in [0.15, 0.2) is 0 Å². The molecule has 0 unspecified atom stereocenters. The maximum Gasteiger partial charge on any atom is 0.631 e. The topological polar surface area (TPSA) is 138 Å². The number of phosphoric acid groups is 1. The van der Waals surface area contributed by atoms with Crippen LogP contribution in [-0.4, -0.2) is 37.1 Å². The molecule has 3 radical (unpaired) electrons. The van der Waals surface area contributed by atoms with Gasteiger partial charge in [0.25, 0.3) is 0 Å². The second-order valence-electron chi connectivity index (χ2n) is 0.860. The van der Waals surface area contributed by atoms with Crippen LogP contribution in [0.5, 0.6) is 0 Å². The Morgan fingerprint density at radius 3 is 1.00 bits per heavy atom. The first-order valence-electron chi connectivity index (χ1n) is 1.56. The quantitative estimate of drug-likeness (QED) is 0.128. The normalized spacial score (nSPS) is 6.62. The molecule has 0 saturated carbocycles. The fourth-order valence-corrected chi connectivity index (χ4v) is 0. The van der Waals surface area contributed by atoms with Gasteiger partial charge in [-0.2, -0.15) is 0 Å². The van der Waals surface area contributed by atoms with Crippen molar-refractivity contribution in [3.05, 3.63) is 0 Å². The molecule has 0 saturated heterocycles. The van der Waals surface area contributed by atoms with Crippen LogP contribution in [0.4, 0.5) is 0 Å². The van der Waals surface area contributed by atoms with Gasteiger partial charge >= 0.3 is 15.1 Å². The maximum absolute atomic E-state index is 8.88. The molecular formula is H6BEuGdO7PVY. The number of hydrogen-bond donors (Lipinski definition) is 6. The van der Waals surface area contributed by atoms with Crippen LogP contribution in [0.15, 0.2) is 0 Å². The third-order valence-electron chi connectivity index (χ3n) is 0. The van der Waals surface area contributed by atoms with E-state index in [1.165, 1.54) is 0 Å². The third-order valence-corrected chi connectivity index (χ3v) is 0. The second kappa shape index (κ2) is 21.9. The zero-order valence-electron chi connectivity index (χ0n) is 5.87. The van der Waals surface area contributed by atoms with Gasteiger partial charge in [-0.1, -0.05) is 0 Å². The number of hydrogen-bond acceptors (Lipinski definition) is 4. The van der Waals surface area contributed by atoms with Crippen LogP contribution in [0.2, 0.25) is 0 Å². The van der Waals surface area contributed by atoms with Crippen LogP contribution >= 0.6 is 7.82 Å². The Morgan fingerprint density at radius 1 is 1.00 bits per heavy atom. The van der Waals surface area contributed by atoms with Gasteiger partial charge in [-0.15, -0.1) is 0 Å². The monoisotopic (exact) mass is 611 g/mol. The van der Waals surface area contributed by atoms with Crippen molar-refractivity contribution in [1.82, 2.24) is 0 Å². The average Bonchev–Trinajstić information content (AvgIpc) is 1.19. The molecule has 7 nitrogen and oxygen atoms in total. The van der Waals surface area contributed by atoms with Crippen molar-refractivity contribution in [3.63, 3.8) is 0 Å². The van der Waals surface area contributed by atoms with Gasteiger partial charge in [-0.05, 0) is 0 Å². The summed E-state index contributed by atoms with van der Waals surface area (Å²) in [5, 5.41) is 21.5. The van der Waals surface area contributed by atoms with Crippen molar-refractivity contribution in [2.45, 2.75) is 0 Å². The average molecular weight is 609 g/mol. The summed E-state index contributed by atoms with van der Waals surface area (Å²) in [4.78, 5) is 21.6. The molecule has 0 fully saturated rings. The molecule has 0 aromatic heterocycles. The molecule has 0 bridgehead atoms. The SMILES string of the molecule is O=P(O)(O)O.OB(O)O.[Eu].[Gd].[V].[Y]. The Bertz CT molecular complexity index is 99.6. The van der Waals surface area contributed by atoms with E-state index in [0.717, 1.165) is 0 Å². The van der Waals surface area contributed by atoms with E-state index < -0.39 is 15.1 Å². The van der Waals surface area contributed by atoms with Gasteiger partial charge in [0.1, 0.15) is 0 Å². The minimum Gasteiger partial charge on any atom is -0.402 e. The zero-order chi connectivity index (χ0) is 8.08. The van der Waals surface area contributed by atoms with Gasteiger partial charge < -0.3 is 29.8 Å². The number of rotatable bonds is 0. The van der Waals surface area contributed by atoms with Gasteiger partial charge in [0, 0.05) is 141 Å². The molecule has 0 atom stereocenters. The summed E-state index contributed by atoms with van der Waals surface area (Å²) in [5.41, 5.74) is 0. The Labute approximate surface area is 185 Å². The van der Waals surface area contributed by atoms with Gasteiger partial charge in [0.05, 0.1) is 0 Å². The van der Waals surface area contributed by atoms with Crippen LogP contribution in [0.1, 0.15) is 0 Å². The summed E-state index contributed by atoms with van der Waals surface area (Å²) in [6, 6.07) is 0. The molecule has 0 aliphatic rings. The van der Waals surface area contributed by atoms with Crippen LogP contribution in [0, 0.1) is 89.3 Å². The van der Waals surface area contributed by atoms with Crippen molar-refractivity contribution in [2.24, 2.45) is 0 Å². The predicted octanol–water partition coefficient (Wildman–Crippen LogP) is -2.99. The minimum atomic E-state index is -4.64. The van der Waals surface area contributed by atoms with E-state index in [2.05, 4.69) is 0 Å². The molecule has 0 aliphatic heterocycles. The molecule has 0 amide bonds. The van der Waals surface area contributed by atoms with Crippen molar-refractivity contribution in [3.8, 4) is 0 Å². The van der Waals surface area contributed by atoms with E-state index in [1.54, 1.807) is 0 Å². The Balaban J connectivity index is -0.0000000146. The molecule has 0 aliphatic carbocycles. The van der Waals surface area contributed by atoms with Gasteiger partial charge in [-0.25, -0.2) is 4.57 Å².